The largest absolute Gasteiger partial charge is 1.00 e. The van der Waals surface area contributed by atoms with E-state index in [1.807, 2.05) is 50.2 Å². The number of nitrogens with one attached hydrogen (secondary N) is 1. The molecule has 2 aromatic carbocycles. The van der Waals surface area contributed by atoms with Crippen LogP contribution in [-0.2, 0) is 0 Å². The number of fused-ring (bicyclic) bond motifs is 1. The van der Waals surface area contributed by atoms with Crippen molar-refractivity contribution in [2.45, 2.75) is 13.8 Å². The van der Waals surface area contributed by atoms with Crippen molar-refractivity contribution in [1.82, 2.24) is 4.98 Å². The molecule has 4 nitrogen and oxygen atoms in total. The lowest BCUT2D eigenvalue weighted by Crippen LogP contribution is -3.00. The molecule has 0 aliphatic heterocycles. The summed E-state index contributed by atoms with van der Waals surface area (Å²) < 4.78 is 6.35. The van der Waals surface area contributed by atoms with Gasteiger partial charge in [0.2, 0.25) is 0 Å². The summed E-state index contributed by atoms with van der Waals surface area (Å²) in [6.45, 7) is 4.21. The smallest absolute Gasteiger partial charge is 0.184 e. The number of para-hydroxylation sites is 1. The molecule has 3 aromatic rings. The zero-order valence-electron chi connectivity index (χ0n) is 13.7. The number of ketones is 1. The number of carbonyl (C=O) groups excluding carboxylic acids is 1. The van der Waals surface area contributed by atoms with Crippen LogP contribution in [0.2, 0.25) is 0 Å². The molecule has 0 unspecified atom stereocenters. The molecular formula is C18H18BrN2O2S-. The highest BCUT2D eigenvalue weighted by Gasteiger charge is 2.12. The lowest BCUT2D eigenvalue weighted by molar-refractivity contribution is -0.0000127. The van der Waals surface area contributed by atoms with Crippen LogP contribution in [0.15, 0.2) is 36.4 Å². The van der Waals surface area contributed by atoms with Crippen LogP contribution in [0.4, 0.5) is 5.13 Å². The fourth-order valence-corrected chi connectivity index (χ4v) is 3.42. The van der Waals surface area contributed by atoms with Gasteiger partial charge in [-0.05, 0) is 31.5 Å². The number of thiazole rings is 1. The second-order valence-electron chi connectivity index (χ2n) is 5.42. The van der Waals surface area contributed by atoms with Gasteiger partial charge in [-0.15, -0.1) is 0 Å². The highest BCUT2D eigenvalue weighted by molar-refractivity contribution is 7.22. The summed E-state index contributed by atoms with van der Waals surface area (Å²) in [7, 11) is 1.63. The van der Waals surface area contributed by atoms with E-state index in [0.717, 1.165) is 37.8 Å². The Morgan fingerprint density at radius 2 is 2.04 bits per heavy atom. The van der Waals surface area contributed by atoms with E-state index in [2.05, 4.69) is 10.3 Å². The van der Waals surface area contributed by atoms with Crippen molar-refractivity contribution < 1.29 is 26.5 Å². The highest BCUT2D eigenvalue weighted by Crippen LogP contribution is 2.32. The van der Waals surface area contributed by atoms with E-state index in [0.29, 0.717) is 0 Å². The number of aryl methyl sites for hydroxylation is 2. The summed E-state index contributed by atoms with van der Waals surface area (Å²) >= 11 is 1.52. The Labute approximate surface area is 155 Å². The van der Waals surface area contributed by atoms with Crippen molar-refractivity contribution in [2.75, 3.05) is 19.0 Å². The fraction of sp³-hybridized carbons (Fsp3) is 0.222. The quantitative estimate of drug-likeness (QED) is 0.648. The SMILES string of the molecule is COc1cccc2sc(NCC(=O)c3ccc(C)cc3C)nc12.[Br-]. The molecule has 1 heterocycles. The van der Waals surface area contributed by atoms with Crippen LogP contribution in [-0.4, -0.2) is 24.4 Å². The van der Waals surface area contributed by atoms with E-state index in [9.17, 15) is 4.79 Å². The monoisotopic (exact) mass is 405 g/mol. The number of hydrogen-bond acceptors (Lipinski definition) is 5. The third-order valence-corrected chi connectivity index (χ3v) is 4.66. The number of nitrogens with zero attached hydrogens (tertiary/aromatic N) is 1. The van der Waals surface area contributed by atoms with Crippen molar-refractivity contribution in [3.63, 3.8) is 0 Å². The van der Waals surface area contributed by atoms with Gasteiger partial charge in [-0.25, -0.2) is 4.98 Å². The van der Waals surface area contributed by atoms with Gasteiger partial charge in [-0.2, -0.15) is 0 Å². The minimum atomic E-state index is 0. The molecule has 0 fully saturated rings. The van der Waals surface area contributed by atoms with Crippen LogP contribution < -0.4 is 27.0 Å². The molecular weight excluding hydrogens is 388 g/mol. The van der Waals surface area contributed by atoms with Crippen LogP contribution in [0.5, 0.6) is 5.75 Å². The normalized spacial score (nSPS) is 10.3. The first-order valence-electron chi connectivity index (χ1n) is 7.36. The topological polar surface area (TPSA) is 51.2 Å². The molecule has 0 atom stereocenters. The van der Waals surface area contributed by atoms with Gasteiger partial charge in [0.1, 0.15) is 11.3 Å². The fourth-order valence-electron chi connectivity index (χ4n) is 2.54. The number of benzene rings is 2. The van der Waals surface area contributed by atoms with E-state index in [-0.39, 0.29) is 29.3 Å². The van der Waals surface area contributed by atoms with Crippen LogP contribution in [0, 0.1) is 13.8 Å². The molecule has 0 saturated carbocycles. The molecule has 0 saturated heterocycles. The molecule has 6 heteroatoms. The Balaban J connectivity index is 0.00000208. The average Bonchev–Trinajstić information content (AvgIpc) is 2.95. The number of halogens is 1. The van der Waals surface area contributed by atoms with Crippen LogP contribution >= 0.6 is 11.3 Å². The summed E-state index contributed by atoms with van der Waals surface area (Å²) in [6.07, 6.45) is 0. The van der Waals surface area contributed by atoms with Gasteiger partial charge < -0.3 is 27.0 Å². The van der Waals surface area contributed by atoms with Gasteiger partial charge in [-0.3, -0.25) is 4.79 Å². The molecule has 1 aromatic heterocycles. The molecule has 0 radical (unpaired) electrons. The van der Waals surface area contributed by atoms with Gasteiger partial charge in [0, 0.05) is 5.56 Å². The zero-order valence-corrected chi connectivity index (χ0v) is 16.1. The number of hydrogen-bond donors (Lipinski definition) is 1. The molecule has 0 spiro atoms. The Bertz CT molecular complexity index is 877. The van der Waals surface area contributed by atoms with Crippen molar-refractivity contribution in [2.24, 2.45) is 0 Å². The number of carbonyl (C=O) groups is 1. The minimum Gasteiger partial charge on any atom is -1.00 e. The van der Waals surface area contributed by atoms with Crippen molar-refractivity contribution in [3.05, 3.63) is 53.1 Å². The van der Waals surface area contributed by atoms with Gasteiger partial charge >= 0.3 is 0 Å². The third-order valence-electron chi connectivity index (χ3n) is 3.68. The lowest BCUT2D eigenvalue weighted by Gasteiger charge is -2.06. The van der Waals surface area contributed by atoms with E-state index in [1.165, 1.54) is 11.3 Å². The van der Waals surface area contributed by atoms with E-state index in [1.54, 1.807) is 7.11 Å². The molecule has 0 aliphatic rings. The van der Waals surface area contributed by atoms with E-state index >= 15 is 0 Å². The number of ether oxygens (including phenoxy) is 1. The van der Waals surface area contributed by atoms with Crippen molar-refractivity contribution >= 4 is 32.5 Å². The first-order valence-corrected chi connectivity index (χ1v) is 8.18. The van der Waals surface area contributed by atoms with Gasteiger partial charge in [0.15, 0.2) is 10.9 Å². The summed E-state index contributed by atoms with van der Waals surface area (Å²) in [6, 6.07) is 11.7. The maximum Gasteiger partial charge on any atom is 0.184 e. The van der Waals surface area contributed by atoms with Crippen LogP contribution in [0.25, 0.3) is 10.2 Å². The lowest BCUT2D eigenvalue weighted by atomic mass is 10.0. The average molecular weight is 406 g/mol. The third kappa shape index (κ3) is 3.76. The Hall–Kier alpha value is -1.92. The van der Waals surface area contributed by atoms with E-state index in [4.69, 9.17) is 4.74 Å². The Morgan fingerprint density at radius 1 is 1.25 bits per heavy atom. The minimum absolute atomic E-state index is 0. The van der Waals surface area contributed by atoms with E-state index < -0.39 is 0 Å². The first kappa shape index (κ1) is 18.4. The Kier molecular flexibility index (Phi) is 5.96. The summed E-state index contributed by atoms with van der Waals surface area (Å²) in [4.78, 5) is 16.9. The van der Waals surface area contributed by atoms with Gasteiger partial charge in [0.05, 0.1) is 18.4 Å². The van der Waals surface area contributed by atoms with Crippen molar-refractivity contribution in [1.29, 1.82) is 0 Å². The molecule has 3 rings (SSSR count). The molecule has 126 valence electrons. The maximum atomic E-state index is 12.4. The molecule has 24 heavy (non-hydrogen) atoms. The highest BCUT2D eigenvalue weighted by atomic mass is 79.9. The predicted molar refractivity (Wildman–Crippen MR) is 94.9 cm³/mol. The predicted octanol–water partition coefficient (Wildman–Crippen LogP) is 1.22. The maximum absolute atomic E-state index is 12.4. The number of methoxy groups -OCH3 is 1. The molecule has 0 aliphatic carbocycles. The van der Waals surface area contributed by atoms with Gasteiger partial charge in [0.25, 0.3) is 0 Å². The number of rotatable bonds is 5. The molecule has 0 bridgehead atoms. The van der Waals surface area contributed by atoms with Crippen molar-refractivity contribution in [3.8, 4) is 5.75 Å². The Morgan fingerprint density at radius 3 is 2.75 bits per heavy atom. The molecule has 1 N–H and O–H groups in total. The second-order valence-corrected chi connectivity index (χ2v) is 6.45. The van der Waals surface area contributed by atoms with Crippen LogP contribution in [0.1, 0.15) is 21.5 Å². The number of Topliss-reactive ketones (excluding diaryl/α,β-unsaturated/α-hetero) is 1. The molecule has 0 amide bonds. The first-order chi connectivity index (χ1) is 11.1. The van der Waals surface area contributed by atoms with Crippen LogP contribution in [0.3, 0.4) is 0 Å². The summed E-state index contributed by atoms with van der Waals surface area (Å²) in [5.74, 6) is 0.807. The second kappa shape index (κ2) is 7.77. The summed E-state index contributed by atoms with van der Waals surface area (Å²) in [5.41, 5.74) is 3.73. The zero-order chi connectivity index (χ0) is 16.4. The van der Waals surface area contributed by atoms with Gasteiger partial charge in [-0.1, -0.05) is 41.2 Å². The number of aromatic nitrogens is 1. The number of anilines is 1. The summed E-state index contributed by atoms with van der Waals surface area (Å²) in [5, 5.41) is 3.85. The standard InChI is InChI=1S/C18H18N2O2S.BrH/c1-11-7-8-13(12(2)9-11)14(21)10-19-18-20-17-15(22-3)5-4-6-16(17)23-18;/h4-9H,10H2,1-3H3,(H,19,20);1H/p-1.